The fourth-order valence-corrected chi connectivity index (χ4v) is 2.48. The van der Waals surface area contributed by atoms with E-state index >= 15 is 0 Å². The third-order valence-corrected chi connectivity index (χ3v) is 3.36. The molecule has 1 heterocycles. The van der Waals surface area contributed by atoms with E-state index in [0.29, 0.717) is 0 Å². The fraction of sp³-hybridized carbons (Fsp3) is 0.571. The van der Waals surface area contributed by atoms with Gasteiger partial charge in [-0.15, -0.1) is 13.2 Å². The van der Waals surface area contributed by atoms with Crippen LogP contribution in [0.25, 0.3) is 0 Å². The second kappa shape index (κ2) is 5.82. The SMILES string of the molecule is CCCCC1NCCc2ccc(OC(F)(F)F)cc21. The van der Waals surface area contributed by atoms with E-state index in [0.717, 1.165) is 43.4 Å². The summed E-state index contributed by atoms with van der Waals surface area (Å²) in [5.74, 6) is -0.128. The topological polar surface area (TPSA) is 21.3 Å². The zero-order chi connectivity index (χ0) is 13.9. The van der Waals surface area contributed by atoms with Crippen molar-refractivity contribution >= 4 is 0 Å². The lowest BCUT2D eigenvalue weighted by Crippen LogP contribution is -2.30. The van der Waals surface area contributed by atoms with Crippen LogP contribution in [-0.2, 0) is 6.42 Å². The lowest BCUT2D eigenvalue weighted by molar-refractivity contribution is -0.274. The summed E-state index contributed by atoms with van der Waals surface area (Å²) in [6.45, 7) is 2.98. The van der Waals surface area contributed by atoms with Crippen molar-refractivity contribution in [3.05, 3.63) is 29.3 Å². The van der Waals surface area contributed by atoms with Crippen molar-refractivity contribution in [3.63, 3.8) is 0 Å². The first-order chi connectivity index (χ1) is 8.99. The van der Waals surface area contributed by atoms with Crippen molar-refractivity contribution in [2.24, 2.45) is 0 Å². The third-order valence-electron chi connectivity index (χ3n) is 3.36. The third kappa shape index (κ3) is 3.86. The fourth-order valence-electron chi connectivity index (χ4n) is 2.48. The molecule has 1 aromatic carbocycles. The number of rotatable bonds is 4. The summed E-state index contributed by atoms with van der Waals surface area (Å²) in [6, 6.07) is 4.81. The van der Waals surface area contributed by atoms with E-state index in [1.54, 1.807) is 6.07 Å². The Morgan fingerprint density at radius 3 is 2.84 bits per heavy atom. The number of hydrogen-bond acceptors (Lipinski definition) is 2. The molecule has 0 amide bonds. The predicted octanol–water partition coefficient (Wildman–Crippen LogP) is 3.96. The number of halogens is 3. The molecule has 1 atom stereocenters. The summed E-state index contributed by atoms with van der Waals surface area (Å²) in [5.41, 5.74) is 2.07. The highest BCUT2D eigenvalue weighted by atomic mass is 19.4. The summed E-state index contributed by atoms with van der Waals surface area (Å²) in [6.07, 6.45) is -0.702. The minimum absolute atomic E-state index is 0.128. The van der Waals surface area contributed by atoms with Gasteiger partial charge in [-0.25, -0.2) is 0 Å². The molecule has 0 fully saturated rings. The maximum Gasteiger partial charge on any atom is 0.573 e. The maximum atomic E-state index is 12.2. The summed E-state index contributed by atoms with van der Waals surface area (Å²) >= 11 is 0. The van der Waals surface area contributed by atoms with Crippen molar-refractivity contribution in [1.82, 2.24) is 5.32 Å². The molecule has 19 heavy (non-hydrogen) atoms. The van der Waals surface area contributed by atoms with Crippen molar-refractivity contribution in [3.8, 4) is 5.75 Å². The molecule has 0 radical (unpaired) electrons. The Morgan fingerprint density at radius 1 is 1.37 bits per heavy atom. The second-order valence-corrected chi connectivity index (χ2v) is 4.81. The van der Waals surface area contributed by atoms with Crippen LogP contribution in [0.15, 0.2) is 18.2 Å². The molecule has 1 aliphatic heterocycles. The van der Waals surface area contributed by atoms with Gasteiger partial charge in [0, 0.05) is 6.04 Å². The summed E-state index contributed by atoms with van der Waals surface area (Å²) < 4.78 is 40.7. The van der Waals surface area contributed by atoms with E-state index in [-0.39, 0.29) is 11.8 Å². The Kier molecular flexibility index (Phi) is 4.34. The van der Waals surface area contributed by atoms with Gasteiger partial charge in [0.2, 0.25) is 0 Å². The smallest absolute Gasteiger partial charge is 0.406 e. The van der Waals surface area contributed by atoms with Gasteiger partial charge < -0.3 is 10.1 Å². The molecule has 5 heteroatoms. The van der Waals surface area contributed by atoms with E-state index in [9.17, 15) is 13.2 Å². The van der Waals surface area contributed by atoms with Crippen molar-refractivity contribution in [2.75, 3.05) is 6.54 Å². The number of unbranched alkanes of at least 4 members (excludes halogenated alkanes) is 1. The van der Waals surface area contributed by atoms with Gasteiger partial charge in [0.25, 0.3) is 0 Å². The van der Waals surface area contributed by atoms with Gasteiger partial charge >= 0.3 is 6.36 Å². The van der Waals surface area contributed by atoms with Gasteiger partial charge in [-0.1, -0.05) is 25.8 Å². The van der Waals surface area contributed by atoms with Crippen LogP contribution in [-0.4, -0.2) is 12.9 Å². The molecule has 1 aliphatic rings. The Bertz CT molecular complexity index is 431. The van der Waals surface area contributed by atoms with Crippen molar-refractivity contribution < 1.29 is 17.9 Å². The summed E-state index contributed by atoms with van der Waals surface area (Å²) in [5, 5.41) is 3.36. The number of hydrogen-bond donors (Lipinski definition) is 1. The van der Waals surface area contributed by atoms with Gasteiger partial charge in [-0.3, -0.25) is 0 Å². The highest BCUT2D eigenvalue weighted by molar-refractivity contribution is 5.39. The molecular weight excluding hydrogens is 255 g/mol. The van der Waals surface area contributed by atoms with Crippen LogP contribution < -0.4 is 10.1 Å². The Morgan fingerprint density at radius 2 is 2.16 bits per heavy atom. The monoisotopic (exact) mass is 273 g/mol. The molecule has 0 saturated carbocycles. The molecule has 1 unspecified atom stereocenters. The zero-order valence-electron chi connectivity index (χ0n) is 10.9. The normalized spacial score (nSPS) is 19.1. The van der Waals surface area contributed by atoms with Crippen molar-refractivity contribution in [1.29, 1.82) is 0 Å². The van der Waals surface area contributed by atoms with Crippen LogP contribution in [0.3, 0.4) is 0 Å². The van der Waals surface area contributed by atoms with Crippen LogP contribution in [0.4, 0.5) is 13.2 Å². The number of alkyl halides is 3. The number of nitrogens with one attached hydrogen (secondary N) is 1. The molecule has 2 nitrogen and oxygen atoms in total. The molecule has 0 bridgehead atoms. The second-order valence-electron chi connectivity index (χ2n) is 4.81. The van der Waals surface area contributed by atoms with Crippen LogP contribution in [0, 0.1) is 0 Å². The molecule has 0 saturated heterocycles. The van der Waals surface area contributed by atoms with E-state index in [4.69, 9.17) is 0 Å². The molecule has 1 aromatic rings. The highest BCUT2D eigenvalue weighted by Crippen LogP contribution is 2.32. The summed E-state index contributed by atoms with van der Waals surface area (Å²) in [7, 11) is 0. The molecule has 0 aromatic heterocycles. The molecule has 1 N–H and O–H groups in total. The van der Waals surface area contributed by atoms with E-state index in [1.807, 2.05) is 0 Å². The van der Waals surface area contributed by atoms with Crippen LogP contribution in [0.5, 0.6) is 5.75 Å². The largest absolute Gasteiger partial charge is 0.573 e. The molecule has 2 rings (SSSR count). The number of ether oxygens (including phenoxy) is 1. The first-order valence-corrected chi connectivity index (χ1v) is 6.61. The molecular formula is C14H18F3NO. The van der Waals surface area contributed by atoms with E-state index < -0.39 is 6.36 Å². The number of benzene rings is 1. The minimum atomic E-state index is -4.63. The van der Waals surface area contributed by atoms with E-state index in [1.165, 1.54) is 12.1 Å². The Hall–Kier alpha value is -1.23. The van der Waals surface area contributed by atoms with Gasteiger partial charge in [0.05, 0.1) is 0 Å². The van der Waals surface area contributed by atoms with Gasteiger partial charge in [-0.2, -0.15) is 0 Å². The standard InChI is InChI=1S/C14H18F3NO/c1-2-3-4-13-12-9-11(19-14(15,16)17)6-5-10(12)7-8-18-13/h5-6,9,13,18H,2-4,7-8H2,1H3. The average Bonchev–Trinajstić information content (AvgIpc) is 2.34. The first-order valence-electron chi connectivity index (χ1n) is 6.61. The van der Waals surface area contributed by atoms with Gasteiger partial charge in [0.1, 0.15) is 5.75 Å². The Labute approximate surface area is 111 Å². The average molecular weight is 273 g/mol. The molecule has 106 valence electrons. The lowest BCUT2D eigenvalue weighted by atomic mass is 9.91. The van der Waals surface area contributed by atoms with E-state index in [2.05, 4.69) is 17.0 Å². The quantitative estimate of drug-likeness (QED) is 0.896. The van der Waals surface area contributed by atoms with Crippen LogP contribution in [0.2, 0.25) is 0 Å². The summed E-state index contributed by atoms with van der Waals surface area (Å²) in [4.78, 5) is 0. The molecule has 0 aliphatic carbocycles. The lowest BCUT2D eigenvalue weighted by Gasteiger charge is -2.27. The Balaban J connectivity index is 2.20. The van der Waals surface area contributed by atoms with Gasteiger partial charge in [0.15, 0.2) is 0 Å². The zero-order valence-corrected chi connectivity index (χ0v) is 10.9. The first kappa shape index (κ1) is 14.2. The number of fused-ring (bicyclic) bond motifs is 1. The molecule has 0 spiro atoms. The highest BCUT2D eigenvalue weighted by Gasteiger charge is 2.31. The van der Waals surface area contributed by atoms with Crippen LogP contribution in [0.1, 0.15) is 43.4 Å². The van der Waals surface area contributed by atoms with Gasteiger partial charge in [-0.05, 0) is 42.6 Å². The predicted molar refractivity (Wildman–Crippen MR) is 67.1 cm³/mol. The maximum absolute atomic E-state index is 12.2. The van der Waals surface area contributed by atoms with Crippen molar-refractivity contribution in [2.45, 2.75) is 45.0 Å². The minimum Gasteiger partial charge on any atom is -0.406 e. The van der Waals surface area contributed by atoms with Crippen LogP contribution >= 0.6 is 0 Å².